The van der Waals surface area contributed by atoms with Gasteiger partial charge in [0.15, 0.2) is 30.5 Å². The largest absolute Gasteiger partial charge is 0.493 e. The van der Waals surface area contributed by atoms with E-state index in [0.29, 0.717) is 17.1 Å². The van der Waals surface area contributed by atoms with Crippen molar-refractivity contribution in [2.24, 2.45) is 0 Å². The summed E-state index contributed by atoms with van der Waals surface area (Å²) >= 11 is 0. The maximum atomic E-state index is 12.6. The zero-order valence-corrected chi connectivity index (χ0v) is 16.8. The third-order valence-corrected chi connectivity index (χ3v) is 3.85. The Hall–Kier alpha value is -3.37. The van der Waals surface area contributed by atoms with Crippen molar-refractivity contribution < 1.29 is 50.1 Å². The molecule has 0 fully saturated rings. The normalized spacial score (nSPS) is 12.0. The van der Waals surface area contributed by atoms with Gasteiger partial charge in [-0.1, -0.05) is 12.1 Å². The minimum absolute atomic E-state index is 0.357. The van der Waals surface area contributed by atoms with Gasteiger partial charge >= 0.3 is 12.4 Å². The van der Waals surface area contributed by atoms with Gasteiger partial charge in [0.05, 0.1) is 19.8 Å². The highest BCUT2D eigenvalue weighted by molar-refractivity contribution is 6.09. The summed E-state index contributed by atoms with van der Waals surface area (Å²) in [7, 11) is 2.85. The van der Waals surface area contributed by atoms with Gasteiger partial charge in [0.2, 0.25) is 0 Å². The lowest BCUT2D eigenvalue weighted by molar-refractivity contribution is -0.154. The van der Waals surface area contributed by atoms with Crippen LogP contribution >= 0.6 is 0 Å². The van der Waals surface area contributed by atoms with Crippen LogP contribution in [0.4, 0.5) is 26.3 Å². The summed E-state index contributed by atoms with van der Waals surface area (Å²) in [5.74, 6) is -0.810. The second-order valence-electron chi connectivity index (χ2n) is 6.28. The highest BCUT2D eigenvalue weighted by Gasteiger charge is 2.30. The molecule has 0 saturated carbocycles. The molecule has 2 aromatic carbocycles. The van der Waals surface area contributed by atoms with Crippen molar-refractivity contribution in [3.8, 4) is 23.0 Å². The summed E-state index contributed by atoms with van der Waals surface area (Å²) in [6.07, 6.45) is -6.93. The number of carbonyl (C=O) groups is 1. The van der Waals surface area contributed by atoms with Crippen LogP contribution in [-0.4, -0.2) is 45.6 Å². The molecule has 2 rings (SSSR count). The van der Waals surface area contributed by atoms with Gasteiger partial charge in [-0.05, 0) is 42.0 Å². The molecule has 0 atom stereocenters. The van der Waals surface area contributed by atoms with Crippen LogP contribution in [0.15, 0.2) is 42.5 Å². The minimum Gasteiger partial charge on any atom is -0.493 e. The zero-order chi connectivity index (χ0) is 23.9. The lowest BCUT2D eigenvalue weighted by Gasteiger charge is -2.14. The number of carbonyl (C=O) groups excluding carboxylic acids is 1. The number of methoxy groups -OCH3 is 2. The fraction of sp³-hybridized carbons (Fsp3) is 0.286. The number of ketones is 1. The number of rotatable bonds is 9. The van der Waals surface area contributed by atoms with E-state index in [2.05, 4.69) is 9.47 Å². The number of hydrogen-bond donors (Lipinski definition) is 0. The standard InChI is InChI=1S/C21H18F6O5/c1-29-18-7-4-13(9-19(18)30-2)3-6-16(28)15-10-14(31-11-20(22,23)24)5-8-17(15)32-12-21(25,26)27/h3-10H,11-12H2,1-2H3. The number of allylic oxidation sites excluding steroid dienone is 1. The Labute approximate surface area is 179 Å². The Bertz CT molecular complexity index is 966. The first-order valence-electron chi connectivity index (χ1n) is 8.89. The summed E-state index contributed by atoms with van der Waals surface area (Å²) in [6.45, 7) is -3.32. The van der Waals surface area contributed by atoms with Crippen LogP contribution < -0.4 is 18.9 Å². The highest BCUT2D eigenvalue weighted by Crippen LogP contribution is 2.30. The van der Waals surface area contributed by atoms with Gasteiger partial charge in [0, 0.05) is 0 Å². The molecule has 5 nitrogen and oxygen atoms in total. The number of alkyl halides is 6. The molecule has 32 heavy (non-hydrogen) atoms. The zero-order valence-electron chi connectivity index (χ0n) is 16.8. The predicted octanol–water partition coefficient (Wildman–Crippen LogP) is 5.48. The molecule has 11 heteroatoms. The fourth-order valence-corrected chi connectivity index (χ4v) is 2.46. The van der Waals surface area contributed by atoms with E-state index >= 15 is 0 Å². The molecule has 0 N–H and O–H groups in total. The van der Waals surface area contributed by atoms with Crippen LogP contribution in [0.1, 0.15) is 15.9 Å². The van der Waals surface area contributed by atoms with Crippen molar-refractivity contribution >= 4 is 11.9 Å². The van der Waals surface area contributed by atoms with E-state index in [-0.39, 0.29) is 5.75 Å². The maximum Gasteiger partial charge on any atom is 0.422 e. The SMILES string of the molecule is COc1ccc(C=CC(=O)c2cc(OCC(F)(F)F)ccc2OCC(F)(F)F)cc1OC. The van der Waals surface area contributed by atoms with Gasteiger partial charge in [0.25, 0.3) is 0 Å². The summed E-state index contributed by atoms with van der Waals surface area (Å²) in [5.41, 5.74) is 0.101. The van der Waals surface area contributed by atoms with E-state index in [0.717, 1.165) is 24.3 Å². The van der Waals surface area contributed by atoms with Crippen LogP contribution in [0.3, 0.4) is 0 Å². The smallest absolute Gasteiger partial charge is 0.422 e. The van der Waals surface area contributed by atoms with Gasteiger partial charge < -0.3 is 18.9 Å². The van der Waals surface area contributed by atoms with Crippen LogP contribution in [-0.2, 0) is 0 Å². The second kappa shape index (κ2) is 10.3. The van der Waals surface area contributed by atoms with E-state index in [1.165, 1.54) is 20.3 Å². The first-order valence-corrected chi connectivity index (χ1v) is 8.89. The Morgan fingerprint density at radius 2 is 1.41 bits per heavy atom. The van der Waals surface area contributed by atoms with E-state index < -0.39 is 42.7 Å². The van der Waals surface area contributed by atoms with Crippen molar-refractivity contribution in [2.45, 2.75) is 12.4 Å². The molecule has 0 bridgehead atoms. The highest BCUT2D eigenvalue weighted by atomic mass is 19.4. The monoisotopic (exact) mass is 464 g/mol. The molecule has 0 aliphatic heterocycles. The Balaban J connectivity index is 2.31. The lowest BCUT2D eigenvalue weighted by atomic mass is 10.1. The molecule has 0 aliphatic rings. The average Bonchev–Trinajstić information content (AvgIpc) is 2.73. The topological polar surface area (TPSA) is 54.0 Å². The molecule has 0 aliphatic carbocycles. The lowest BCUT2D eigenvalue weighted by Crippen LogP contribution is -2.21. The molecule has 174 valence electrons. The van der Waals surface area contributed by atoms with Gasteiger partial charge in [-0.3, -0.25) is 4.79 Å². The van der Waals surface area contributed by atoms with Gasteiger partial charge in [0.1, 0.15) is 11.5 Å². The molecule has 0 amide bonds. The first kappa shape index (κ1) is 24.9. The molecular formula is C21H18F6O5. The Kier molecular flexibility index (Phi) is 8.01. The minimum atomic E-state index is -4.68. The van der Waals surface area contributed by atoms with Crippen LogP contribution in [0.5, 0.6) is 23.0 Å². The number of benzene rings is 2. The third kappa shape index (κ3) is 7.71. The van der Waals surface area contributed by atoms with Crippen molar-refractivity contribution in [3.05, 3.63) is 53.6 Å². The number of halogens is 6. The summed E-state index contributed by atoms with van der Waals surface area (Å²) < 4.78 is 94.1. The summed E-state index contributed by atoms with van der Waals surface area (Å²) in [5, 5.41) is 0. The average molecular weight is 464 g/mol. The van der Waals surface area contributed by atoms with E-state index in [1.54, 1.807) is 18.2 Å². The van der Waals surface area contributed by atoms with Crippen molar-refractivity contribution in [3.63, 3.8) is 0 Å². The van der Waals surface area contributed by atoms with E-state index in [4.69, 9.17) is 9.47 Å². The fourth-order valence-electron chi connectivity index (χ4n) is 2.46. The van der Waals surface area contributed by atoms with E-state index in [9.17, 15) is 31.1 Å². The first-order chi connectivity index (χ1) is 14.9. The van der Waals surface area contributed by atoms with Crippen molar-refractivity contribution in [1.29, 1.82) is 0 Å². The third-order valence-electron chi connectivity index (χ3n) is 3.85. The predicted molar refractivity (Wildman–Crippen MR) is 102 cm³/mol. The Morgan fingerprint density at radius 1 is 0.812 bits per heavy atom. The van der Waals surface area contributed by atoms with Gasteiger partial charge in [-0.25, -0.2) is 0 Å². The molecule has 0 unspecified atom stereocenters. The molecule has 0 heterocycles. The van der Waals surface area contributed by atoms with Crippen LogP contribution in [0, 0.1) is 0 Å². The molecule has 0 saturated heterocycles. The van der Waals surface area contributed by atoms with Crippen molar-refractivity contribution in [1.82, 2.24) is 0 Å². The summed E-state index contributed by atoms with van der Waals surface area (Å²) in [6, 6.07) is 7.52. The summed E-state index contributed by atoms with van der Waals surface area (Å²) in [4.78, 5) is 12.6. The van der Waals surface area contributed by atoms with Gasteiger partial charge in [-0.15, -0.1) is 0 Å². The quantitative estimate of drug-likeness (QED) is 0.279. The molecule has 0 spiro atoms. The van der Waals surface area contributed by atoms with Crippen LogP contribution in [0.25, 0.3) is 6.08 Å². The molecule has 2 aromatic rings. The molecule has 0 aromatic heterocycles. The molecular weight excluding hydrogens is 446 g/mol. The maximum absolute atomic E-state index is 12.6. The number of ether oxygens (including phenoxy) is 4. The Morgan fingerprint density at radius 3 is 2.00 bits per heavy atom. The van der Waals surface area contributed by atoms with Crippen molar-refractivity contribution in [2.75, 3.05) is 27.4 Å². The number of hydrogen-bond acceptors (Lipinski definition) is 5. The van der Waals surface area contributed by atoms with Gasteiger partial charge in [-0.2, -0.15) is 26.3 Å². The molecule has 0 radical (unpaired) electrons. The second-order valence-corrected chi connectivity index (χ2v) is 6.28. The van der Waals surface area contributed by atoms with E-state index in [1.807, 2.05) is 0 Å². The van der Waals surface area contributed by atoms with Crippen LogP contribution in [0.2, 0.25) is 0 Å².